The lowest BCUT2D eigenvalue weighted by Crippen LogP contribution is -2.24. The Balaban J connectivity index is 3.25. The lowest BCUT2D eigenvalue weighted by Gasteiger charge is -2.06. The second-order valence-corrected chi connectivity index (χ2v) is 4.63. The van der Waals surface area contributed by atoms with Gasteiger partial charge < -0.3 is 5.73 Å². The van der Waals surface area contributed by atoms with E-state index < -0.39 is 10.0 Å². The average Bonchev–Trinajstić information content (AvgIpc) is 2.26. The zero-order chi connectivity index (χ0) is 12.2. The molecule has 0 fully saturated rings. The molecular formula is C10H9N3O2S. The summed E-state index contributed by atoms with van der Waals surface area (Å²) in [5, 5.41) is 8.79. The molecule has 0 unspecified atom stereocenters. The highest BCUT2D eigenvalue weighted by Gasteiger charge is 2.17. The number of nitriles is 1. The highest BCUT2D eigenvalue weighted by Crippen LogP contribution is 2.17. The second-order valence-electron chi connectivity index (χ2n) is 2.90. The Kier molecular flexibility index (Phi) is 3.51. The van der Waals surface area contributed by atoms with Crippen molar-refractivity contribution in [1.29, 1.82) is 5.26 Å². The van der Waals surface area contributed by atoms with Crippen molar-refractivity contribution in [3.05, 3.63) is 23.8 Å². The number of sulfonamides is 1. The zero-order valence-corrected chi connectivity index (χ0v) is 9.08. The maximum Gasteiger partial charge on any atom is 0.242 e. The number of terminal acetylenes is 1. The van der Waals surface area contributed by atoms with E-state index in [0.717, 1.165) is 0 Å². The standard InChI is InChI=1S/C10H9N3O2S/c1-2-5-13-16(14,15)10-4-3-9(12)6-8(10)7-11/h1,3-4,6,13H,5,12H2. The maximum atomic E-state index is 11.7. The molecule has 0 amide bonds. The maximum absolute atomic E-state index is 11.7. The van der Waals surface area contributed by atoms with E-state index in [9.17, 15) is 8.42 Å². The highest BCUT2D eigenvalue weighted by atomic mass is 32.2. The zero-order valence-electron chi connectivity index (χ0n) is 8.27. The first kappa shape index (κ1) is 12.1. The Labute approximate surface area is 93.9 Å². The van der Waals surface area contributed by atoms with E-state index >= 15 is 0 Å². The van der Waals surface area contributed by atoms with E-state index in [1.54, 1.807) is 6.07 Å². The van der Waals surface area contributed by atoms with Crippen molar-refractivity contribution in [3.8, 4) is 18.4 Å². The van der Waals surface area contributed by atoms with Crippen LogP contribution in [-0.2, 0) is 10.0 Å². The molecule has 5 nitrogen and oxygen atoms in total. The first-order chi connectivity index (χ1) is 7.51. The van der Waals surface area contributed by atoms with E-state index in [1.165, 1.54) is 18.2 Å². The minimum Gasteiger partial charge on any atom is -0.399 e. The Morgan fingerprint density at radius 1 is 1.50 bits per heavy atom. The number of anilines is 1. The van der Waals surface area contributed by atoms with Crippen molar-refractivity contribution < 1.29 is 8.42 Å². The third-order valence-corrected chi connectivity index (χ3v) is 3.24. The first-order valence-corrected chi connectivity index (χ1v) is 5.72. The van der Waals surface area contributed by atoms with Crippen molar-refractivity contribution in [2.24, 2.45) is 0 Å². The van der Waals surface area contributed by atoms with Gasteiger partial charge in [-0.1, -0.05) is 5.92 Å². The molecule has 0 aliphatic rings. The number of benzene rings is 1. The van der Waals surface area contributed by atoms with Gasteiger partial charge >= 0.3 is 0 Å². The minimum absolute atomic E-state index is 0.00970. The van der Waals surface area contributed by atoms with Gasteiger partial charge in [0.05, 0.1) is 17.0 Å². The summed E-state index contributed by atoms with van der Waals surface area (Å²) in [5.41, 5.74) is 5.76. The van der Waals surface area contributed by atoms with E-state index in [0.29, 0.717) is 5.69 Å². The SMILES string of the molecule is C#CCNS(=O)(=O)c1ccc(N)cc1C#N. The summed E-state index contributed by atoms with van der Waals surface area (Å²) < 4.78 is 25.5. The largest absolute Gasteiger partial charge is 0.399 e. The second kappa shape index (κ2) is 4.67. The number of hydrogen-bond acceptors (Lipinski definition) is 4. The van der Waals surface area contributed by atoms with E-state index in [2.05, 4.69) is 10.6 Å². The van der Waals surface area contributed by atoms with Crippen LogP contribution in [0.4, 0.5) is 5.69 Å². The highest BCUT2D eigenvalue weighted by molar-refractivity contribution is 7.89. The fraction of sp³-hybridized carbons (Fsp3) is 0.100. The van der Waals surface area contributed by atoms with Gasteiger partial charge in [0.25, 0.3) is 0 Å². The van der Waals surface area contributed by atoms with Gasteiger partial charge in [-0.2, -0.15) is 9.98 Å². The predicted octanol–water partition coefficient (Wildman–Crippen LogP) is 0.0520. The molecule has 0 aromatic heterocycles. The smallest absolute Gasteiger partial charge is 0.242 e. The van der Waals surface area contributed by atoms with Crippen LogP contribution in [0.2, 0.25) is 0 Å². The normalized spacial score (nSPS) is 10.4. The lowest BCUT2D eigenvalue weighted by molar-refractivity contribution is 0.586. The molecule has 16 heavy (non-hydrogen) atoms. The fourth-order valence-corrected chi connectivity index (χ4v) is 2.15. The molecule has 0 aliphatic carbocycles. The molecule has 1 aromatic carbocycles. The van der Waals surface area contributed by atoms with E-state index in [4.69, 9.17) is 17.4 Å². The van der Waals surface area contributed by atoms with Crippen molar-refractivity contribution >= 4 is 15.7 Å². The summed E-state index contributed by atoms with van der Waals surface area (Å²) in [4.78, 5) is -0.126. The monoisotopic (exact) mass is 235 g/mol. The number of nitrogen functional groups attached to an aromatic ring is 1. The molecule has 0 heterocycles. The van der Waals surface area contributed by atoms with Crippen LogP contribution in [0, 0.1) is 23.7 Å². The summed E-state index contributed by atoms with van der Waals surface area (Å²) in [6.45, 7) is -0.127. The molecule has 3 N–H and O–H groups in total. The van der Waals surface area contributed by atoms with Gasteiger partial charge in [0.2, 0.25) is 10.0 Å². The molecule has 1 aromatic rings. The third kappa shape index (κ3) is 2.51. The van der Waals surface area contributed by atoms with Gasteiger partial charge in [-0.25, -0.2) is 8.42 Å². The molecule has 0 bridgehead atoms. The molecular weight excluding hydrogens is 226 g/mol. The van der Waals surface area contributed by atoms with Gasteiger partial charge in [0, 0.05) is 5.69 Å². The Bertz CT molecular complexity index is 579. The van der Waals surface area contributed by atoms with E-state index in [1.807, 2.05) is 0 Å². The summed E-state index contributed by atoms with van der Waals surface area (Å²) in [5.74, 6) is 2.14. The van der Waals surface area contributed by atoms with Crippen LogP contribution in [0.3, 0.4) is 0 Å². The van der Waals surface area contributed by atoms with Crippen molar-refractivity contribution in [2.45, 2.75) is 4.90 Å². The quantitative estimate of drug-likeness (QED) is 0.571. The van der Waals surface area contributed by atoms with Crippen molar-refractivity contribution in [1.82, 2.24) is 4.72 Å². The van der Waals surface area contributed by atoms with Crippen LogP contribution >= 0.6 is 0 Å². The molecule has 1 rings (SSSR count). The average molecular weight is 235 g/mol. The van der Waals surface area contributed by atoms with Gasteiger partial charge in [0.15, 0.2) is 0 Å². The predicted molar refractivity (Wildman–Crippen MR) is 59.6 cm³/mol. The van der Waals surface area contributed by atoms with Crippen LogP contribution < -0.4 is 10.5 Å². The Morgan fingerprint density at radius 3 is 2.75 bits per heavy atom. The third-order valence-electron chi connectivity index (χ3n) is 1.78. The minimum atomic E-state index is -3.75. The van der Waals surface area contributed by atoms with Crippen LogP contribution in [0.5, 0.6) is 0 Å². The van der Waals surface area contributed by atoms with Crippen LogP contribution in [0.1, 0.15) is 5.56 Å². The number of nitrogens with two attached hydrogens (primary N) is 1. The van der Waals surface area contributed by atoms with Gasteiger partial charge in [-0.3, -0.25) is 0 Å². The number of hydrogen-bond donors (Lipinski definition) is 2. The molecule has 82 valence electrons. The molecule has 0 aliphatic heterocycles. The van der Waals surface area contributed by atoms with E-state index in [-0.39, 0.29) is 17.0 Å². The fourth-order valence-electron chi connectivity index (χ4n) is 1.08. The number of nitrogens with one attached hydrogen (secondary N) is 1. The molecule has 0 spiro atoms. The van der Waals surface area contributed by atoms with Gasteiger partial charge in [0.1, 0.15) is 6.07 Å². The summed E-state index contributed by atoms with van der Waals surface area (Å²) in [6, 6.07) is 5.74. The van der Waals surface area contributed by atoms with Crippen molar-refractivity contribution in [2.75, 3.05) is 12.3 Å². The molecule has 0 saturated heterocycles. The number of rotatable bonds is 3. The van der Waals surface area contributed by atoms with Gasteiger partial charge in [-0.05, 0) is 18.2 Å². The van der Waals surface area contributed by atoms with Gasteiger partial charge in [-0.15, -0.1) is 6.42 Å². The summed E-state index contributed by atoms with van der Waals surface area (Å²) in [7, 11) is -3.75. The lowest BCUT2D eigenvalue weighted by atomic mass is 10.2. The Morgan fingerprint density at radius 2 is 2.19 bits per heavy atom. The van der Waals surface area contributed by atoms with Crippen LogP contribution in [-0.4, -0.2) is 15.0 Å². The first-order valence-electron chi connectivity index (χ1n) is 4.24. The van der Waals surface area contributed by atoms with Crippen LogP contribution in [0.25, 0.3) is 0 Å². The Hall–Kier alpha value is -2.02. The van der Waals surface area contributed by atoms with Crippen molar-refractivity contribution in [3.63, 3.8) is 0 Å². The summed E-state index contributed by atoms with van der Waals surface area (Å²) >= 11 is 0. The summed E-state index contributed by atoms with van der Waals surface area (Å²) in [6.07, 6.45) is 4.95. The number of nitrogens with zero attached hydrogens (tertiary/aromatic N) is 1. The topological polar surface area (TPSA) is 96.0 Å². The molecule has 0 atom stereocenters. The molecule has 6 heteroatoms. The molecule has 0 saturated carbocycles. The molecule has 0 radical (unpaired) electrons. The van der Waals surface area contributed by atoms with Crippen LogP contribution in [0.15, 0.2) is 23.1 Å².